The van der Waals surface area contributed by atoms with Crippen molar-refractivity contribution in [3.05, 3.63) is 35.9 Å². The summed E-state index contributed by atoms with van der Waals surface area (Å²) in [6, 6.07) is 9.49. The average Bonchev–Trinajstić information content (AvgIpc) is 2.48. The average molecular weight is 346 g/mol. The number of aliphatic carboxylic acids is 2. The molecule has 0 fully saturated rings. The Hall–Kier alpha value is -1.22. The SMILES string of the molecule is NC(CSCC(=O)O)C(=O)O.NCCSCc1ccccc1. The Balaban J connectivity index is 0.000000401. The number of rotatable bonds is 9. The summed E-state index contributed by atoms with van der Waals surface area (Å²) in [7, 11) is 0. The first-order valence-electron chi connectivity index (χ1n) is 6.57. The molecule has 8 heteroatoms. The van der Waals surface area contributed by atoms with Crippen LogP contribution in [0.2, 0.25) is 0 Å². The van der Waals surface area contributed by atoms with Crippen LogP contribution in [-0.2, 0) is 15.3 Å². The minimum atomic E-state index is -1.11. The Bertz CT molecular complexity index is 432. The van der Waals surface area contributed by atoms with Gasteiger partial charge in [-0.15, -0.1) is 11.8 Å². The Morgan fingerprint density at radius 3 is 2.27 bits per heavy atom. The van der Waals surface area contributed by atoms with E-state index in [-0.39, 0.29) is 11.5 Å². The first-order valence-corrected chi connectivity index (χ1v) is 8.88. The highest BCUT2D eigenvalue weighted by molar-refractivity contribution is 8.00. The van der Waals surface area contributed by atoms with Crippen LogP contribution in [-0.4, -0.2) is 52.0 Å². The largest absolute Gasteiger partial charge is 0.481 e. The van der Waals surface area contributed by atoms with E-state index in [1.54, 1.807) is 0 Å². The summed E-state index contributed by atoms with van der Waals surface area (Å²) in [6.45, 7) is 0.775. The zero-order valence-electron chi connectivity index (χ0n) is 12.2. The molecule has 0 aliphatic heterocycles. The van der Waals surface area contributed by atoms with Crippen molar-refractivity contribution in [2.24, 2.45) is 11.5 Å². The molecular weight excluding hydrogens is 324 g/mol. The Morgan fingerprint density at radius 2 is 1.77 bits per heavy atom. The van der Waals surface area contributed by atoms with Crippen molar-refractivity contribution >= 4 is 35.5 Å². The van der Waals surface area contributed by atoms with E-state index in [1.807, 2.05) is 17.8 Å². The lowest BCUT2D eigenvalue weighted by molar-refractivity contribution is -0.138. The van der Waals surface area contributed by atoms with Crippen molar-refractivity contribution in [2.75, 3.05) is 23.8 Å². The number of carbonyl (C=O) groups is 2. The van der Waals surface area contributed by atoms with Gasteiger partial charge in [-0.1, -0.05) is 30.3 Å². The van der Waals surface area contributed by atoms with Crippen molar-refractivity contribution in [2.45, 2.75) is 11.8 Å². The van der Waals surface area contributed by atoms with E-state index in [2.05, 4.69) is 24.3 Å². The molecule has 1 atom stereocenters. The number of carboxylic acids is 2. The summed E-state index contributed by atoms with van der Waals surface area (Å²) in [6.07, 6.45) is 0. The topological polar surface area (TPSA) is 127 Å². The van der Waals surface area contributed by atoms with Crippen LogP contribution < -0.4 is 11.5 Å². The molecule has 1 unspecified atom stereocenters. The lowest BCUT2D eigenvalue weighted by Gasteiger charge is -2.02. The Labute approximate surface area is 138 Å². The summed E-state index contributed by atoms with van der Waals surface area (Å²) < 4.78 is 0. The van der Waals surface area contributed by atoms with Gasteiger partial charge in [0.2, 0.25) is 0 Å². The van der Waals surface area contributed by atoms with Gasteiger partial charge in [0, 0.05) is 23.8 Å². The summed E-state index contributed by atoms with van der Waals surface area (Å²) in [4.78, 5) is 20.0. The minimum Gasteiger partial charge on any atom is -0.481 e. The van der Waals surface area contributed by atoms with Gasteiger partial charge in [0.05, 0.1) is 5.75 Å². The van der Waals surface area contributed by atoms with Gasteiger partial charge in [-0.3, -0.25) is 9.59 Å². The van der Waals surface area contributed by atoms with Crippen LogP contribution in [0.15, 0.2) is 30.3 Å². The van der Waals surface area contributed by atoms with E-state index in [0.717, 1.165) is 29.8 Å². The van der Waals surface area contributed by atoms with Crippen LogP contribution >= 0.6 is 23.5 Å². The quantitative estimate of drug-likeness (QED) is 0.490. The standard InChI is InChI=1S/C9H13NS.C5H9NO4S/c10-6-7-11-8-9-4-2-1-3-5-9;6-3(5(9)10)1-11-2-4(7)8/h1-5H,6-8,10H2;3H,1-2,6H2,(H,7,8)(H,9,10). The molecule has 1 aromatic rings. The maximum atomic E-state index is 10.1. The first kappa shape index (κ1) is 20.8. The summed E-state index contributed by atoms with van der Waals surface area (Å²) in [5, 5.41) is 16.4. The predicted molar refractivity (Wildman–Crippen MR) is 92.2 cm³/mol. The minimum absolute atomic E-state index is 0.110. The molecular formula is C14H22N2O4S2. The molecule has 0 bridgehead atoms. The van der Waals surface area contributed by atoms with Gasteiger partial charge in [0.25, 0.3) is 0 Å². The molecule has 0 aliphatic rings. The first-order chi connectivity index (χ1) is 10.5. The fraction of sp³-hybridized carbons (Fsp3) is 0.429. The molecule has 22 heavy (non-hydrogen) atoms. The van der Waals surface area contributed by atoms with Crippen LogP contribution in [0, 0.1) is 0 Å². The maximum Gasteiger partial charge on any atom is 0.321 e. The van der Waals surface area contributed by atoms with Crippen LogP contribution in [0.4, 0.5) is 0 Å². The number of nitrogens with two attached hydrogens (primary N) is 2. The molecule has 0 amide bonds. The molecule has 1 rings (SSSR count). The van der Waals surface area contributed by atoms with Crippen molar-refractivity contribution in [3.8, 4) is 0 Å². The summed E-state index contributed by atoms with van der Waals surface area (Å²) in [5.41, 5.74) is 11.8. The number of hydrogen-bond donors (Lipinski definition) is 4. The van der Waals surface area contributed by atoms with Gasteiger partial charge < -0.3 is 21.7 Å². The zero-order valence-corrected chi connectivity index (χ0v) is 13.8. The highest BCUT2D eigenvalue weighted by Gasteiger charge is 2.11. The summed E-state index contributed by atoms with van der Waals surface area (Å²) in [5.74, 6) is 0.0747. The van der Waals surface area contributed by atoms with Crippen molar-refractivity contribution in [1.82, 2.24) is 0 Å². The highest BCUT2D eigenvalue weighted by atomic mass is 32.2. The molecule has 0 heterocycles. The fourth-order valence-electron chi connectivity index (χ4n) is 1.19. The van der Waals surface area contributed by atoms with Gasteiger partial charge in [0.15, 0.2) is 0 Å². The van der Waals surface area contributed by atoms with E-state index >= 15 is 0 Å². The number of thioether (sulfide) groups is 2. The third-order valence-electron chi connectivity index (χ3n) is 2.21. The zero-order chi connectivity index (χ0) is 16.8. The van der Waals surface area contributed by atoms with E-state index in [9.17, 15) is 9.59 Å². The lowest BCUT2D eigenvalue weighted by atomic mass is 10.2. The molecule has 124 valence electrons. The molecule has 0 spiro atoms. The molecule has 0 saturated carbocycles. The number of hydrogen-bond acceptors (Lipinski definition) is 6. The lowest BCUT2D eigenvalue weighted by Crippen LogP contribution is -2.32. The van der Waals surface area contributed by atoms with E-state index in [1.165, 1.54) is 5.56 Å². The van der Waals surface area contributed by atoms with E-state index < -0.39 is 18.0 Å². The maximum absolute atomic E-state index is 10.1. The monoisotopic (exact) mass is 346 g/mol. The second-order valence-corrected chi connectivity index (χ2v) is 6.32. The molecule has 0 aliphatic carbocycles. The van der Waals surface area contributed by atoms with Crippen molar-refractivity contribution in [3.63, 3.8) is 0 Å². The van der Waals surface area contributed by atoms with Gasteiger partial charge in [-0.2, -0.15) is 11.8 Å². The normalized spacial score (nSPS) is 11.2. The Morgan fingerprint density at radius 1 is 1.14 bits per heavy atom. The van der Waals surface area contributed by atoms with Crippen LogP contribution in [0.1, 0.15) is 5.56 Å². The van der Waals surface area contributed by atoms with Crippen LogP contribution in [0.25, 0.3) is 0 Å². The van der Waals surface area contributed by atoms with Crippen LogP contribution in [0.3, 0.4) is 0 Å². The Kier molecular flexibility index (Phi) is 12.7. The third kappa shape index (κ3) is 12.5. The number of carboxylic acid groups (broad SMARTS) is 2. The molecule has 1 aromatic carbocycles. The fourth-order valence-corrected chi connectivity index (χ4v) is 2.62. The smallest absolute Gasteiger partial charge is 0.321 e. The van der Waals surface area contributed by atoms with Crippen molar-refractivity contribution < 1.29 is 19.8 Å². The van der Waals surface area contributed by atoms with E-state index in [4.69, 9.17) is 21.7 Å². The van der Waals surface area contributed by atoms with Gasteiger partial charge >= 0.3 is 11.9 Å². The third-order valence-corrected chi connectivity index (χ3v) is 4.32. The molecule has 0 aromatic heterocycles. The molecule has 0 radical (unpaired) electrons. The second kappa shape index (κ2) is 13.4. The summed E-state index contributed by atoms with van der Waals surface area (Å²) >= 11 is 2.87. The van der Waals surface area contributed by atoms with Crippen LogP contribution in [0.5, 0.6) is 0 Å². The number of benzene rings is 1. The van der Waals surface area contributed by atoms with Gasteiger partial charge in [-0.25, -0.2) is 0 Å². The molecule has 0 saturated heterocycles. The second-order valence-electron chi connectivity index (χ2n) is 4.18. The van der Waals surface area contributed by atoms with E-state index in [0.29, 0.717) is 0 Å². The molecule has 6 nitrogen and oxygen atoms in total. The van der Waals surface area contributed by atoms with Gasteiger partial charge in [-0.05, 0) is 5.56 Å². The van der Waals surface area contributed by atoms with Crippen molar-refractivity contribution in [1.29, 1.82) is 0 Å². The highest BCUT2D eigenvalue weighted by Crippen LogP contribution is 2.10. The molecule has 6 N–H and O–H groups in total. The van der Waals surface area contributed by atoms with Gasteiger partial charge in [0.1, 0.15) is 6.04 Å². The predicted octanol–water partition coefficient (Wildman–Crippen LogP) is 1.09.